The maximum atomic E-state index is 11.5. The molecule has 0 bridgehead atoms. The van der Waals surface area contributed by atoms with Crippen molar-refractivity contribution in [3.8, 4) is 0 Å². The highest BCUT2D eigenvalue weighted by atomic mass is 16.7. The first-order valence-corrected chi connectivity index (χ1v) is 4.86. The highest BCUT2D eigenvalue weighted by molar-refractivity contribution is 5.89. The average Bonchev–Trinajstić information content (AvgIpc) is 2.22. The molecule has 0 atom stereocenters. The number of imide groups is 1. The molecule has 0 aliphatic carbocycles. The highest BCUT2D eigenvalue weighted by Gasteiger charge is 2.23. The van der Waals surface area contributed by atoms with E-state index in [1.54, 1.807) is 0 Å². The van der Waals surface area contributed by atoms with Gasteiger partial charge in [0.1, 0.15) is 0 Å². The van der Waals surface area contributed by atoms with Crippen molar-refractivity contribution in [1.82, 2.24) is 9.96 Å². The molecule has 15 heavy (non-hydrogen) atoms. The van der Waals surface area contributed by atoms with Gasteiger partial charge < -0.3 is 5.11 Å². The first-order valence-electron chi connectivity index (χ1n) is 4.86. The first kappa shape index (κ1) is 13.7. The van der Waals surface area contributed by atoms with E-state index >= 15 is 0 Å². The summed E-state index contributed by atoms with van der Waals surface area (Å²) < 4.78 is 0. The van der Waals surface area contributed by atoms with Crippen molar-refractivity contribution in [3.63, 3.8) is 0 Å². The van der Waals surface area contributed by atoms with Gasteiger partial charge in [-0.3, -0.25) is 4.84 Å². The van der Waals surface area contributed by atoms with Gasteiger partial charge in [-0.05, 0) is 6.42 Å². The second kappa shape index (κ2) is 7.05. The third-order valence-electron chi connectivity index (χ3n) is 1.99. The standard InChI is InChI=1S/C9H18N2O4/c1-4-5-6-7-11(9(13)14)8(12)10(2)15-3/h4-7H2,1-3H3,(H,13,14). The second-order valence-corrected chi connectivity index (χ2v) is 3.10. The van der Waals surface area contributed by atoms with Crippen LogP contribution in [0.1, 0.15) is 26.2 Å². The monoisotopic (exact) mass is 218 g/mol. The van der Waals surface area contributed by atoms with Crippen molar-refractivity contribution >= 4 is 12.1 Å². The molecule has 0 rings (SSSR count). The number of rotatable bonds is 5. The van der Waals surface area contributed by atoms with Crippen LogP contribution in [-0.2, 0) is 4.84 Å². The summed E-state index contributed by atoms with van der Waals surface area (Å²) in [7, 11) is 2.68. The lowest BCUT2D eigenvalue weighted by atomic mass is 10.2. The third kappa shape index (κ3) is 4.64. The Kier molecular flexibility index (Phi) is 6.44. The number of hydrogen-bond donors (Lipinski definition) is 1. The van der Waals surface area contributed by atoms with E-state index in [1.807, 2.05) is 6.92 Å². The van der Waals surface area contributed by atoms with E-state index in [0.29, 0.717) is 6.42 Å². The lowest BCUT2D eigenvalue weighted by Crippen LogP contribution is -2.44. The highest BCUT2D eigenvalue weighted by Crippen LogP contribution is 2.02. The van der Waals surface area contributed by atoms with Gasteiger partial charge in [0.25, 0.3) is 0 Å². The Balaban J connectivity index is 4.26. The number of carboxylic acid groups (broad SMARTS) is 1. The molecular formula is C9H18N2O4. The zero-order valence-electron chi connectivity index (χ0n) is 9.39. The Labute approximate surface area is 89.4 Å². The molecular weight excluding hydrogens is 200 g/mol. The van der Waals surface area contributed by atoms with Gasteiger partial charge in [-0.25, -0.2) is 19.6 Å². The predicted molar refractivity (Wildman–Crippen MR) is 54.4 cm³/mol. The fraction of sp³-hybridized carbons (Fsp3) is 0.778. The SMILES string of the molecule is CCCCCN(C(=O)O)C(=O)N(C)OC. The van der Waals surface area contributed by atoms with Gasteiger partial charge in [-0.15, -0.1) is 0 Å². The van der Waals surface area contributed by atoms with Crippen LogP contribution in [0, 0.1) is 0 Å². The second-order valence-electron chi connectivity index (χ2n) is 3.10. The van der Waals surface area contributed by atoms with Crippen LogP contribution < -0.4 is 0 Å². The molecule has 6 nitrogen and oxygen atoms in total. The molecule has 0 spiro atoms. The Morgan fingerprint density at radius 2 is 1.93 bits per heavy atom. The van der Waals surface area contributed by atoms with Crippen LogP contribution in [0.15, 0.2) is 0 Å². The van der Waals surface area contributed by atoms with E-state index in [1.165, 1.54) is 14.2 Å². The van der Waals surface area contributed by atoms with E-state index < -0.39 is 12.1 Å². The Bertz CT molecular complexity index is 220. The summed E-state index contributed by atoms with van der Waals surface area (Å²) in [5.41, 5.74) is 0. The molecule has 0 aliphatic heterocycles. The van der Waals surface area contributed by atoms with Crippen molar-refractivity contribution in [3.05, 3.63) is 0 Å². The summed E-state index contributed by atoms with van der Waals surface area (Å²) in [5.74, 6) is 0. The summed E-state index contributed by atoms with van der Waals surface area (Å²) in [4.78, 5) is 27.6. The van der Waals surface area contributed by atoms with Gasteiger partial charge in [0, 0.05) is 13.6 Å². The number of urea groups is 1. The van der Waals surface area contributed by atoms with Crippen molar-refractivity contribution in [2.24, 2.45) is 0 Å². The van der Waals surface area contributed by atoms with Gasteiger partial charge >= 0.3 is 12.1 Å². The molecule has 1 N–H and O–H groups in total. The molecule has 88 valence electrons. The molecule has 6 heteroatoms. The number of hydroxylamine groups is 2. The van der Waals surface area contributed by atoms with E-state index in [2.05, 4.69) is 4.84 Å². The van der Waals surface area contributed by atoms with Crippen molar-refractivity contribution < 1.29 is 19.5 Å². The third-order valence-corrected chi connectivity index (χ3v) is 1.99. The lowest BCUT2D eigenvalue weighted by Gasteiger charge is -2.22. The summed E-state index contributed by atoms with van der Waals surface area (Å²) in [6.07, 6.45) is 1.29. The lowest BCUT2D eigenvalue weighted by molar-refractivity contribution is -0.0740. The first-order chi connectivity index (χ1) is 7.04. The fourth-order valence-corrected chi connectivity index (χ4v) is 1.04. The van der Waals surface area contributed by atoms with Gasteiger partial charge in [0.15, 0.2) is 0 Å². The van der Waals surface area contributed by atoms with Crippen LogP contribution in [-0.4, -0.2) is 47.9 Å². The summed E-state index contributed by atoms with van der Waals surface area (Å²) in [5, 5.41) is 9.70. The van der Waals surface area contributed by atoms with Crippen molar-refractivity contribution in [2.75, 3.05) is 20.7 Å². The van der Waals surface area contributed by atoms with E-state index in [9.17, 15) is 9.59 Å². The van der Waals surface area contributed by atoms with Gasteiger partial charge in [0.05, 0.1) is 7.11 Å². The number of amides is 3. The molecule has 0 aromatic carbocycles. The largest absolute Gasteiger partial charge is 0.465 e. The normalized spacial score (nSPS) is 9.80. The number of hydrogen-bond acceptors (Lipinski definition) is 3. The van der Waals surface area contributed by atoms with Crippen molar-refractivity contribution in [1.29, 1.82) is 0 Å². The molecule has 0 saturated heterocycles. The molecule has 0 fully saturated rings. The van der Waals surface area contributed by atoms with Crippen LogP contribution >= 0.6 is 0 Å². The van der Waals surface area contributed by atoms with Crippen LogP contribution in [0.5, 0.6) is 0 Å². The van der Waals surface area contributed by atoms with E-state index in [4.69, 9.17) is 5.11 Å². The molecule has 0 radical (unpaired) electrons. The minimum Gasteiger partial charge on any atom is -0.465 e. The zero-order valence-corrected chi connectivity index (χ0v) is 9.39. The molecule has 3 amide bonds. The van der Waals surface area contributed by atoms with Crippen LogP contribution in [0.3, 0.4) is 0 Å². The molecule has 0 heterocycles. The number of nitrogens with zero attached hydrogens (tertiary/aromatic N) is 2. The van der Waals surface area contributed by atoms with E-state index in [-0.39, 0.29) is 6.54 Å². The average molecular weight is 218 g/mol. The minimum atomic E-state index is -1.25. The molecule has 0 saturated carbocycles. The van der Waals surface area contributed by atoms with Gasteiger partial charge in [-0.1, -0.05) is 19.8 Å². The van der Waals surface area contributed by atoms with Crippen LogP contribution in [0.4, 0.5) is 9.59 Å². The maximum absolute atomic E-state index is 11.5. The predicted octanol–water partition coefficient (Wildman–Crippen LogP) is 1.77. The Hall–Kier alpha value is -1.30. The number of unbranched alkanes of at least 4 members (excludes halogenated alkanes) is 2. The summed E-state index contributed by atoms with van der Waals surface area (Å²) in [6, 6.07) is -0.666. The Morgan fingerprint density at radius 3 is 2.33 bits per heavy atom. The smallest absolute Gasteiger partial charge is 0.415 e. The van der Waals surface area contributed by atoms with Crippen molar-refractivity contribution in [2.45, 2.75) is 26.2 Å². The Morgan fingerprint density at radius 1 is 1.33 bits per heavy atom. The topological polar surface area (TPSA) is 70.1 Å². The van der Waals surface area contributed by atoms with Gasteiger partial charge in [-0.2, -0.15) is 0 Å². The maximum Gasteiger partial charge on any atom is 0.415 e. The molecule has 0 aliphatic rings. The van der Waals surface area contributed by atoms with E-state index in [0.717, 1.165) is 22.8 Å². The molecule has 0 unspecified atom stereocenters. The van der Waals surface area contributed by atoms with Crippen LogP contribution in [0.2, 0.25) is 0 Å². The van der Waals surface area contributed by atoms with Crippen LogP contribution in [0.25, 0.3) is 0 Å². The minimum absolute atomic E-state index is 0.204. The molecule has 0 aromatic rings. The number of carbonyl (C=O) groups is 2. The number of carbonyl (C=O) groups excluding carboxylic acids is 1. The summed E-state index contributed by atoms with van der Waals surface area (Å²) in [6.45, 7) is 2.21. The molecule has 0 aromatic heterocycles. The zero-order chi connectivity index (χ0) is 11.8. The fourth-order valence-electron chi connectivity index (χ4n) is 1.04. The van der Waals surface area contributed by atoms with Gasteiger partial charge in [0.2, 0.25) is 0 Å². The quantitative estimate of drug-likeness (QED) is 0.564. The summed E-state index contributed by atoms with van der Waals surface area (Å²) >= 11 is 0.